The number of pyridine rings is 1. The Morgan fingerprint density at radius 1 is 1.29 bits per heavy atom. The topological polar surface area (TPSA) is 85.6 Å². The summed E-state index contributed by atoms with van der Waals surface area (Å²) in [6, 6.07) is 8.61. The lowest BCUT2D eigenvalue weighted by Crippen LogP contribution is -2.52. The zero-order valence-corrected chi connectivity index (χ0v) is 13.0. The van der Waals surface area contributed by atoms with Crippen LogP contribution in [0.1, 0.15) is 19.4 Å². The Labute approximate surface area is 136 Å². The van der Waals surface area contributed by atoms with Crippen LogP contribution in [0, 0.1) is 15.9 Å². The molecule has 0 saturated heterocycles. The minimum atomic E-state index is -1.18. The van der Waals surface area contributed by atoms with E-state index in [0.29, 0.717) is 0 Å². The number of halogens is 1. The Morgan fingerprint density at radius 2 is 2.00 bits per heavy atom. The molecule has 7 nitrogen and oxygen atoms in total. The molecule has 2 heterocycles. The molecule has 0 aliphatic carbocycles. The Hall–Kier alpha value is -3.03. The molecular weight excluding hydrogens is 317 g/mol. The van der Waals surface area contributed by atoms with Crippen LogP contribution in [0.15, 0.2) is 36.4 Å². The number of nitrogens with zero attached hydrogens (tertiary/aromatic N) is 3. The highest BCUT2D eigenvalue weighted by atomic mass is 19.1. The van der Waals surface area contributed by atoms with E-state index in [0.717, 1.165) is 0 Å². The highest BCUT2D eigenvalue weighted by Gasteiger charge is 2.44. The number of carbonyl (C=O) groups excluding carboxylic acids is 1. The van der Waals surface area contributed by atoms with E-state index in [1.54, 1.807) is 32.0 Å². The third-order valence-electron chi connectivity index (χ3n) is 3.68. The van der Waals surface area contributed by atoms with Gasteiger partial charge in [0.1, 0.15) is 5.82 Å². The molecule has 1 aromatic carbocycles. The second kappa shape index (κ2) is 5.55. The summed E-state index contributed by atoms with van der Waals surface area (Å²) < 4.78 is 19.5. The Bertz CT molecular complexity index is 838. The maximum atomic E-state index is 13.9. The van der Waals surface area contributed by atoms with Gasteiger partial charge in [-0.1, -0.05) is 18.2 Å². The lowest BCUT2D eigenvalue weighted by atomic mass is 10.0. The third-order valence-corrected chi connectivity index (χ3v) is 3.68. The molecular formula is C16H14FN3O4. The molecule has 1 aromatic heterocycles. The smallest absolute Gasteiger partial charge is 0.366 e. The first-order valence-corrected chi connectivity index (χ1v) is 7.19. The van der Waals surface area contributed by atoms with E-state index in [1.165, 1.54) is 23.1 Å². The molecule has 1 aliphatic heterocycles. The molecule has 124 valence electrons. The van der Waals surface area contributed by atoms with E-state index < -0.39 is 28.1 Å². The molecule has 0 radical (unpaired) electrons. The number of amides is 1. The largest absolute Gasteiger partial charge is 0.472 e. The van der Waals surface area contributed by atoms with Gasteiger partial charge in [-0.2, -0.15) is 0 Å². The van der Waals surface area contributed by atoms with Gasteiger partial charge in [-0.25, -0.2) is 4.39 Å². The molecule has 1 aliphatic rings. The van der Waals surface area contributed by atoms with E-state index in [1.807, 2.05) is 0 Å². The van der Waals surface area contributed by atoms with Crippen LogP contribution in [0.5, 0.6) is 5.75 Å². The van der Waals surface area contributed by atoms with Crippen molar-refractivity contribution < 1.29 is 18.8 Å². The fraction of sp³-hybridized carbons (Fsp3) is 0.250. The second-order valence-electron chi connectivity index (χ2n) is 5.84. The number of rotatable bonds is 3. The van der Waals surface area contributed by atoms with E-state index in [4.69, 9.17) is 4.74 Å². The Kier molecular flexibility index (Phi) is 3.67. The van der Waals surface area contributed by atoms with Crippen LogP contribution in [-0.4, -0.2) is 21.4 Å². The van der Waals surface area contributed by atoms with Gasteiger partial charge in [0.25, 0.3) is 11.7 Å². The van der Waals surface area contributed by atoms with Crippen LogP contribution in [0.4, 0.5) is 16.0 Å². The molecule has 0 saturated carbocycles. The van der Waals surface area contributed by atoms with Gasteiger partial charge >= 0.3 is 5.82 Å². The van der Waals surface area contributed by atoms with Crippen LogP contribution in [0.2, 0.25) is 0 Å². The van der Waals surface area contributed by atoms with Crippen molar-refractivity contribution in [2.45, 2.75) is 26.0 Å². The van der Waals surface area contributed by atoms with Gasteiger partial charge in [0.05, 0.1) is 6.54 Å². The fourth-order valence-corrected chi connectivity index (χ4v) is 2.48. The molecule has 24 heavy (non-hydrogen) atoms. The number of aromatic nitrogens is 1. The van der Waals surface area contributed by atoms with Crippen LogP contribution >= 0.6 is 0 Å². The summed E-state index contributed by atoms with van der Waals surface area (Å²) in [5.41, 5.74) is -0.904. The summed E-state index contributed by atoms with van der Waals surface area (Å²) in [5.74, 6) is -1.09. The molecule has 0 unspecified atom stereocenters. The lowest BCUT2D eigenvalue weighted by Gasteiger charge is -2.35. The van der Waals surface area contributed by atoms with Gasteiger partial charge in [0, 0.05) is 11.6 Å². The average molecular weight is 331 g/mol. The van der Waals surface area contributed by atoms with Gasteiger partial charge in [-0.15, -0.1) is 0 Å². The van der Waals surface area contributed by atoms with E-state index in [2.05, 4.69) is 4.98 Å². The summed E-state index contributed by atoms with van der Waals surface area (Å²) in [4.78, 5) is 28.1. The van der Waals surface area contributed by atoms with Crippen LogP contribution < -0.4 is 9.64 Å². The van der Waals surface area contributed by atoms with Crippen molar-refractivity contribution in [3.05, 3.63) is 57.9 Å². The molecule has 0 atom stereocenters. The Balaban J connectivity index is 2.10. The number of benzene rings is 1. The third kappa shape index (κ3) is 2.66. The molecule has 2 aromatic rings. The van der Waals surface area contributed by atoms with E-state index >= 15 is 0 Å². The number of hydrogen-bond donors (Lipinski definition) is 0. The van der Waals surface area contributed by atoms with Gasteiger partial charge in [0.2, 0.25) is 0 Å². The Morgan fingerprint density at radius 3 is 2.67 bits per heavy atom. The zero-order chi connectivity index (χ0) is 17.5. The average Bonchev–Trinajstić information content (AvgIpc) is 2.52. The minimum Gasteiger partial charge on any atom is -0.472 e. The first-order chi connectivity index (χ1) is 11.3. The minimum absolute atomic E-state index is 0.0109. The van der Waals surface area contributed by atoms with Gasteiger partial charge in [0.15, 0.2) is 11.4 Å². The quantitative estimate of drug-likeness (QED) is 0.638. The number of nitro groups is 1. The molecule has 3 rings (SSSR count). The predicted octanol–water partition coefficient (Wildman–Crippen LogP) is 2.83. The molecule has 0 spiro atoms. The van der Waals surface area contributed by atoms with Crippen molar-refractivity contribution in [1.82, 2.24) is 4.98 Å². The fourth-order valence-electron chi connectivity index (χ4n) is 2.48. The first kappa shape index (κ1) is 15.9. The molecule has 0 N–H and O–H groups in total. The van der Waals surface area contributed by atoms with Crippen molar-refractivity contribution in [1.29, 1.82) is 0 Å². The van der Waals surface area contributed by atoms with Crippen LogP contribution in [-0.2, 0) is 11.3 Å². The van der Waals surface area contributed by atoms with Gasteiger partial charge < -0.3 is 14.9 Å². The zero-order valence-electron chi connectivity index (χ0n) is 13.0. The summed E-state index contributed by atoms with van der Waals surface area (Å²) in [7, 11) is 0. The van der Waals surface area contributed by atoms with Crippen molar-refractivity contribution in [3.8, 4) is 5.75 Å². The maximum absolute atomic E-state index is 13.9. The molecule has 8 heteroatoms. The summed E-state index contributed by atoms with van der Waals surface area (Å²) in [6.45, 7) is 3.06. The maximum Gasteiger partial charge on any atom is 0.366 e. The SMILES string of the molecule is CC1(C)Oc2ccc([N+](=O)[O-])nc2N(Cc2ccccc2F)C1=O. The number of fused-ring (bicyclic) bond motifs is 1. The second-order valence-corrected chi connectivity index (χ2v) is 5.84. The predicted molar refractivity (Wildman–Crippen MR) is 83.2 cm³/mol. The van der Waals surface area contributed by atoms with Crippen LogP contribution in [0.3, 0.4) is 0 Å². The van der Waals surface area contributed by atoms with Crippen molar-refractivity contribution >= 4 is 17.5 Å². The number of hydrogen-bond acceptors (Lipinski definition) is 5. The lowest BCUT2D eigenvalue weighted by molar-refractivity contribution is -0.389. The summed E-state index contributed by atoms with van der Waals surface area (Å²) in [5, 5.41) is 11.0. The van der Waals surface area contributed by atoms with Crippen molar-refractivity contribution in [2.24, 2.45) is 0 Å². The van der Waals surface area contributed by atoms with Crippen molar-refractivity contribution in [2.75, 3.05) is 4.90 Å². The monoisotopic (exact) mass is 331 g/mol. The standard InChI is InChI=1S/C16H14FN3O4/c1-16(2)15(21)19(9-10-5-3-4-6-11(10)17)14-12(24-16)7-8-13(18-14)20(22)23/h3-8H,9H2,1-2H3. The number of carbonyl (C=O) groups is 1. The number of anilines is 1. The molecule has 1 amide bonds. The van der Waals surface area contributed by atoms with Gasteiger partial charge in [-0.05, 0) is 35.9 Å². The first-order valence-electron chi connectivity index (χ1n) is 7.19. The summed E-state index contributed by atoms with van der Waals surface area (Å²) >= 11 is 0. The molecule has 0 bridgehead atoms. The highest BCUT2D eigenvalue weighted by molar-refractivity contribution is 6.01. The van der Waals surface area contributed by atoms with Gasteiger partial charge in [-0.3, -0.25) is 9.69 Å². The summed E-state index contributed by atoms with van der Waals surface area (Å²) in [6.07, 6.45) is 0. The van der Waals surface area contributed by atoms with E-state index in [-0.39, 0.29) is 23.7 Å². The molecule has 0 fully saturated rings. The normalized spacial score (nSPS) is 15.6. The number of ether oxygens (including phenoxy) is 1. The van der Waals surface area contributed by atoms with E-state index in [9.17, 15) is 19.3 Å². The highest BCUT2D eigenvalue weighted by Crippen LogP contribution is 2.38. The van der Waals surface area contributed by atoms with Crippen molar-refractivity contribution in [3.63, 3.8) is 0 Å². The van der Waals surface area contributed by atoms with Crippen LogP contribution in [0.25, 0.3) is 0 Å².